The van der Waals surface area contributed by atoms with Gasteiger partial charge in [-0.3, -0.25) is 9.40 Å². The topological polar surface area (TPSA) is 97.0 Å². The first-order valence-electron chi connectivity index (χ1n) is 5.57. The highest BCUT2D eigenvalue weighted by atomic mass is 32.2. The molecule has 1 N–H and O–H groups in total. The maximum absolute atomic E-state index is 12.2. The minimum atomic E-state index is -3.78. The van der Waals surface area contributed by atoms with Gasteiger partial charge in [0.05, 0.1) is 18.2 Å². The minimum absolute atomic E-state index is 0.0726. The zero-order valence-corrected chi connectivity index (χ0v) is 11.7. The summed E-state index contributed by atoms with van der Waals surface area (Å²) in [5.41, 5.74) is 0.157. The lowest BCUT2D eigenvalue weighted by Gasteiger charge is -2.09. The number of hydrogen-bond donors (Lipinski definition) is 1. The van der Waals surface area contributed by atoms with Gasteiger partial charge in [-0.05, 0) is 24.3 Å². The molecule has 20 heavy (non-hydrogen) atoms. The van der Waals surface area contributed by atoms with Crippen LogP contribution in [0, 0.1) is 11.3 Å². The number of anilines is 1. The van der Waals surface area contributed by atoms with Crippen molar-refractivity contribution < 1.29 is 13.2 Å². The standard InChI is InChI=1S/C12H12N4O3S/c1-16-12(9(7-13)8-14-16)15-20(17,18)11-5-3-10(19-2)4-6-11/h3-6,8,15H,1-2H3. The molecule has 0 amide bonds. The first-order chi connectivity index (χ1) is 9.47. The van der Waals surface area contributed by atoms with Crippen LogP contribution in [0.15, 0.2) is 35.4 Å². The van der Waals surface area contributed by atoms with E-state index in [9.17, 15) is 8.42 Å². The first-order valence-corrected chi connectivity index (χ1v) is 7.05. The number of rotatable bonds is 4. The summed E-state index contributed by atoms with van der Waals surface area (Å²) in [5.74, 6) is 0.686. The van der Waals surface area contributed by atoms with Gasteiger partial charge in [0, 0.05) is 7.05 Å². The Labute approximate surface area is 116 Å². The third-order valence-corrected chi connectivity index (χ3v) is 4.01. The van der Waals surface area contributed by atoms with E-state index in [1.165, 1.54) is 30.1 Å². The molecule has 0 aliphatic carbocycles. The molecule has 0 aliphatic heterocycles. The Bertz CT molecular complexity index is 757. The Hall–Kier alpha value is -2.53. The number of sulfonamides is 1. The fourth-order valence-electron chi connectivity index (χ4n) is 1.58. The van der Waals surface area contributed by atoms with Gasteiger partial charge in [-0.25, -0.2) is 8.42 Å². The van der Waals surface area contributed by atoms with E-state index in [-0.39, 0.29) is 16.3 Å². The summed E-state index contributed by atoms with van der Waals surface area (Å²) in [6.07, 6.45) is 1.30. The van der Waals surface area contributed by atoms with Gasteiger partial charge in [-0.15, -0.1) is 0 Å². The maximum atomic E-state index is 12.2. The van der Waals surface area contributed by atoms with Gasteiger partial charge < -0.3 is 4.74 Å². The summed E-state index contributed by atoms with van der Waals surface area (Å²) in [4.78, 5) is 0.0726. The highest BCUT2D eigenvalue weighted by Gasteiger charge is 2.18. The number of aryl methyl sites for hydroxylation is 1. The molecule has 8 heteroatoms. The van der Waals surface area contributed by atoms with Crippen LogP contribution >= 0.6 is 0 Å². The van der Waals surface area contributed by atoms with Crippen LogP contribution < -0.4 is 9.46 Å². The zero-order valence-electron chi connectivity index (χ0n) is 10.9. The van der Waals surface area contributed by atoms with Crippen LogP contribution in [0.5, 0.6) is 5.75 Å². The van der Waals surface area contributed by atoms with E-state index in [1.807, 2.05) is 6.07 Å². The molecule has 2 aromatic rings. The van der Waals surface area contributed by atoms with Crippen LogP contribution in [0.3, 0.4) is 0 Å². The third kappa shape index (κ3) is 2.57. The molecule has 0 unspecified atom stereocenters. The maximum Gasteiger partial charge on any atom is 0.263 e. The molecule has 0 spiro atoms. The molecular weight excluding hydrogens is 280 g/mol. The van der Waals surface area contributed by atoms with Crippen molar-refractivity contribution in [2.24, 2.45) is 7.05 Å². The van der Waals surface area contributed by atoms with E-state index in [0.717, 1.165) is 0 Å². The average Bonchev–Trinajstić information content (AvgIpc) is 2.79. The summed E-state index contributed by atoms with van der Waals surface area (Å²) in [6.45, 7) is 0. The largest absolute Gasteiger partial charge is 0.497 e. The van der Waals surface area contributed by atoms with Crippen LogP contribution in [-0.2, 0) is 17.1 Å². The number of hydrogen-bond acceptors (Lipinski definition) is 5. The van der Waals surface area contributed by atoms with Gasteiger partial charge in [0.25, 0.3) is 10.0 Å². The molecular formula is C12H12N4O3S. The van der Waals surface area contributed by atoms with E-state index in [0.29, 0.717) is 5.75 Å². The molecule has 104 valence electrons. The van der Waals surface area contributed by atoms with Crippen molar-refractivity contribution in [3.63, 3.8) is 0 Å². The highest BCUT2D eigenvalue weighted by Crippen LogP contribution is 2.20. The molecule has 0 atom stereocenters. The highest BCUT2D eigenvalue weighted by molar-refractivity contribution is 7.92. The summed E-state index contributed by atoms with van der Waals surface area (Å²) in [5, 5.41) is 12.8. The van der Waals surface area contributed by atoms with E-state index >= 15 is 0 Å². The molecule has 0 saturated carbocycles. The summed E-state index contributed by atoms with van der Waals surface area (Å²) >= 11 is 0. The van der Waals surface area contributed by atoms with Crippen LogP contribution in [0.4, 0.5) is 5.82 Å². The van der Waals surface area contributed by atoms with E-state index in [2.05, 4.69) is 9.82 Å². The normalized spacial score (nSPS) is 10.8. The fraction of sp³-hybridized carbons (Fsp3) is 0.167. The SMILES string of the molecule is COc1ccc(S(=O)(=O)Nc2c(C#N)cnn2C)cc1. The molecule has 0 fully saturated rings. The number of ether oxygens (including phenoxy) is 1. The van der Waals surface area contributed by atoms with Crippen molar-refractivity contribution >= 4 is 15.8 Å². The second-order valence-corrected chi connectivity index (χ2v) is 5.61. The van der Waals surface area contributed by atoms with Crippen molar-refractivity contribution in [2.45, 2.75) is 4.90 Å². The summed E-state index contributed by atoms with van der Waals surface area (Å²) < 4.78 is 33.0. The molecule has 1 heterocycles. The molecule has 0 aliphatic rings. The molecule has 1 aromatic heterocycles. The molecule has 7 nitrogen and oxygen atoms in total. The number of nitrogens with zero attached hydrogens (tertiary/aromatic N) is 3. The van der Waals surface area contributed by atoms with Crippen LogP contribution in [0.2, 0.25) is 0 Å². The third-order valence-electron chi connectivity index (χ3n) is 2.66. The van der Waals surface area contributed by atoms with Gasteiger partial charge in [0.2, 0.25) is 0 Å². The summed E-state index contributed by atoms with van der Waals surface area (Å²) in [7, 11) is -0.736. The lowest BCUT2D eigenvalue weighted by Crippen LogP contribution is -2.16. The Morgan fingerprint density at radius 1 is 1.35 bits per heavy atom. The smallest absolute Gasteiger partial charge is 0.263 e. The van der Waals surface area contributed by atoms with Crippen molar-refractivity contribution in [1.29, 1.82) is 5.26 Å². The number of nitrogens with one attached hydrogen (secondary N) is 1. The van der Waals surface area contributed by atoms with E-state index in [4.69, 9.17) is 10.00 Å². The minimum Gasteiger partial charge on any atom is -0.497 e. The predicted octanol–water partition coefficient (Wildman–Crippen LogP) is 1.10. The Morgan fingerprint density at radius 3 is 2.55 bits per heavy atom. The molecule has 1 aromatic carbocycles. The average molecular weight is 292 g/mol. The predicted molar refractivity (Wildman–Crippen MR) is 71.7 cm³/mol. The van der Waals surface area contributed by atoms with Crippen molar-refractivity contribution in [2.75, 3.05) is 11.8 Å². The Balaban J connectivity index is 2.36. The second-order valence-electron chi connectivity index (χ2n) is 3.92. The monoisotopic (exact) mass is 292 g/mol. The Morgan fingerprint density at radius 2 is 2.00 bits per heavy atom. The van der Waals surface area contributed by atoms with E-state index in [1.54, 1.807) is 19.2 Å². The van der Waals surface area contributed by atoms with Crippen molar-refractivity contribution in [1.82, 2.24) is 9.78 Å². The number of methoxy groups -OCH3 is 1. The lowest BCUT2D eigenvalue weighted by molar-refractivity contribution is 0.414. The van der Waals surface area contributed by atoms with Gasteiger partial charge in [0.15, 0.2) is 5.82 Å². The van der Waals surface area contributed by atoms with Crippen molar-refractivity contribution in [3.05, 3.63) is 36.0 Å². The van der Waals surface area contributed by atoms with Gasteiger partial charge in [-0.2, -0.15) is 10.4 Å². The van der Waals surface area contributed by atoms with Crippen molar-refractivity contribution in [3.8, 4) is 11.8 Å². The zero-order chi connectivity index (χ0) is 14.8. The van der Waals surface area contributed by atoms with Crippen LogP contribution in [-0.4, -0.2) is 25.3 Å². The number of aromatic nitrogens is 2. The first kappa shape index (κ1) is 13.9. The number of nitriles is 1. The van der Waals surface area contributed by atoms with Crippen LogP contribution in [0.25, 0.3) is 0 Å². The van der Waals surface area contributed by atoms with Gasteiger partial charge in [-0.1, -0.05) is 0 Å². The molecule has 0 bridgehead atoms. The fourth-order valence-corrected chi connectivity index (χ4v) is 2.69. The van der Waals surface area contributed by atoms with E-state index < -0.39 is 10.0 Å². The molecule has 0 radical (unpaired) electrons. The molecule has 2 rings (SSSR count). The van der Waals surface area contributed by atoms with Gasteiger partial charge >= 0.3 is 0 Å². The van der Waals surface area contributed by atoms with Gasteiger partial charge in [0.1, 0.15) is 17.4 Å². The lowest BCUT2D eigenvalue weighted by atomic mass is 10.3. The Kier molecular flexibility index (Phi) is 3.63. The summed E-state index contributed by atoms with van der Waals surface area (Å²) in [6, 6.07) is 7.81. The van der Waals surface area contributed by atoms with Crippen LogP contribution in [0.1, 0.15) is 5.56 Å². The second kappa shape index (κ2) is 5.22. The quantitative estimate of drug-likeness (QED) is 0.910. The number of benzene rings is 1. The molecule has 0 saturated heterocycles.